The van der Waals surface area contributed by atoms with Crippen molar-refractivity contribution in [1.29, 1.82) is 0 Å². The number of hydrogen-bond acceptors (Lipinski definition) is 3. The molecule has 1 aliphatic rings. The van der Waals surface area contributed by atoms with Crippen LogP contribution in [-0.4, -0.2) is 25.0 Å². The van der Waals surface area contributed by atoms with Gasteiger partial charge in [0.25, 0.3) is 0 Å². The van der Waals surface area contributed by atoms with Gasteiger partial charge in [-0.1, -0.05) is 24.6 Å². The van der Waals surface area contributed by atoms with Gasteiger partial charge in [-0.25, -0.2) is 0 Å². The van der Waals surface area contributed by atoms with Crippen molar-refractivity contribution in [3.63, 3.8) is 0 Å². The van der Waals surface area contributed by atoms with Crippen molar-refractivity contribution in [2.75, 3.05) is 19.8 Å². The van der Waals surface area contributed by atoms with Crippen LogP contribution in [0.4, 0.5) is 0 Å². The normalized spacial score (nSPS) is 17.0. The summed E-state index contributed by atoms with van der Waals surface area (Å²) in [6, 6.07) is 6.81. The molecule has 0 radical (unpaired) electrons. The Balaban J connectivity index is 2.04. The lowest BCUT2D eigenvalue weighted by Gasteiger charge is -2.22. The highest BCUT2D eigenvalue weighted by atomic mass is 32.2. The fourth-order valence-corrected chi connectivity index (χ4v) is 3.41. The molecular formula is C15H23NOS. The van der Waals surface area contributed by atoms with Gasteiger partial charge in [-0.2, -0.15) is 0 Å². The van der Waals surface area contributed by atoms with Gasteiger partial charge in [0.2, 0.25) is 0 Å². The van der Waals surface area contributed by atoms with Crippen molar-refractivity contribution in [3.8, 4) is 0 Å². The molecule has 1 saturated heterocycles. The van der Waals surface area contributed by atoms with Crippen LogP contribution in [0.1, 0.15) is 30.9 Å². The molecule has 3 heteroatoms. The van der Waals surface area contributed by atoms with E-state index in [0.29, 0.717) is 0 Å². The van der Waals surface area contributed by atoms with E-state index in [0.717, 1.165) is 31.6 Å². The van der Waals surface area contributed by atoms with E-state index >= 15 is 0 Å². The molecule has 0 spiro atoms. The van der Waals surface area contributed by atoms with Crippen LogP contribution >= 0.6 is 11.8 Å². The second-order valence-electron chi connectivity index (χ2n) is 4.82. The first-order valence-electron chi connectivity index (χ1n) is 6.84. The molecule has 1 N–H and O–H groups in total. The maximum Gasteiger partial charge on any atom is 0.0476 e. The van der Waals surface area contributed by atoms with Gasteiger partial charge in [-0.3, -0.25) is 0 Å². The first-order valence-corrected chi connectivity index (χ1v) is 7.72. The molecule has 0 amide bonds. The number of ether oxygens (including phenoxy) is 1. The molecule has 1 heterocycles. The molecule has 2 rings (SSSR count). The molecule has 0 aliphatic carbocycles. The fourth-order valence-electron chi connectivity index (χ4n) is 2.19. The standard InChI is InChI=1S/C15H23NOS/c1-3-16-11-13-10-12(2)4-5-15(13)18-14-6-8-17-9-7-14/h4-5,10,14,16H,3,6-9,11H2,1-2H3. The first kappa shape index (κ1) is 13.9. The molecule has 0 bridgehead atoms. The Morgan fingerprint density at radius 2 is 2.11 bits per heavy atom. The molecule has 100 valence electrons. The average Bonchev–Trinajstić information content (AvgIpc) is 2.40. The van der Waals surface area contributed by atoms with Crippen LogP contribution in [0.15, 0.2) is 23.1 Å². The van der Waals surface area contributed by atoms with E-state index in [1.807, 2.05) is 11.8 Å². The first-order chi connectivity index (χ1) is 8.79. The zero-order chi connectivity index (χ0) is 12.8. The van der Waals surface area contributed by atoms with E-state index < -0.39 is 0 Å². The number of aryl methyl sites for hydroxylation is 1. The highest BCUT2D eigenvalue weighted by molar-refractivity contribution is 8.00. The number of benzene rings is 1. The zero-order valence-corrected chi connectivity index (χ0v) is 12.2. The third-order valence-corrected chi connectivity index (χ3v) is 4.70. The Hall–Kier alpha value is -0.510. The largest absolute Gasteiger partial charge is 0.381 e. The topological polar surface area (TPSA) is 21.3 Å². The van der Waals surface area contributed by atoms with Gasteiger partial charge >= 0.3 is 0 Å². The van der Waals surface area contributed by atoms with Gasteiger partial charge < -0.3 is 10.1 Å². The SMILES string of the molecule is CCNCc1cc(C)ccc1SC1CCOCC1. The highest BCUT2D eigenvalue weighted by Crippen LogP contribution is 2.32. The number of thioether (sulfide) groups is 1. The van der Waals surface area contributed by atoms with E-state index in [4.69, 9.17) is 4.74 Å². The van der Waals surface area contributed by atoms with Gasteiger partial charge in [0.1, 0.15) is 0 Å². The van der Waals surface area contributed by atoms with Gasteiger partial charge in [0.05, 0.1) is 0 Å². The number of hydrogen-bond donors (Lipinski definition) is 1. The highest BCUT2D eigenvalue weighted by Gasteiger charge is 2.16. The van der Waals surface area contributed by atoms with Crippen molar-refractivity contribution in [2.45, 2.75) is 43.4 Å². The molecule has 2 nitrogen and oxygen atoms in total. The van der Waals surface area contributed by atoms with Gasteiger partial charge in [0.15, 0.2) is 0 Å². The lowest BCUT2D eigenvalue weighted by Crippen LogP contribution is -2.18. The quantitative estimate of drug-likeness (QED) is 0.882. The van der Waals surface area contributed by atoms with Crippen LogP contribution in [0.25, 0.3) is 0 Å². The Labute approximate surface area is 114 Å². The van der Waals surface area contributed by atoms with E-state index in [1.54, 1.807) is 0 Å². The molecule has 0 saturated carbocycles. The van der Waals surface area contributed by atoms with Crippen molar-refractivity contribution >= 4 is 11.8 Å². The van der Waals surface area contributed by atoms with Crippen LogP contribution in [0.2, 0.25) is 0 Å². The maximum absolute atomic E-state index is 5.43. The monoisotopic (exact) mass is 265 g/mol. The van der Waals surface area contributed by atoms with Crippen molar-refractivity contribution in [1.82, 2.24) is 5.32 Å². The van der Waals surface area contributed by atoms with E-state index in [9.17, 15) is 0 Å². The smallest absolute Gasteiger partial charge is 0.0476 e. The molecule has 0 atom stereocenters. The van der Waals surface area contributed by atoms with Gasteiger partial charge in [0, 0.05) is 29.9 Å². The second kappa shape index (κ2) is 7.17. The van der Waals surface area contributed by atoms with Crippen LogP contribution in [0, 0.1) is 6.92 Å². The minimum Gasteiger partial charge on any atom is -0.381 e. The summed E-state index contributed by atoms with van der Waals surface area (Å²) in [7, 11) is 0. The summed E-state index contributed by atoms with van der Waals surface area (Å²) >= 11 is 2.03. The van der Waals surface area contributed by atoms with Crippen molar-refractivity contribution < 1.29 is 4.74 Å². The fraction of sp³-hybridized carbons (Fsp3) is 0.600. The van der Waals surface area contributed by atoms with Gasteiger partial charge in [-0.15, -0.1) is 11.8 Å². The molecule has 18 heavy (non-hydrogen) atoms. The van der Waals surface area contributed by atoms with Crippen LogP contribution in [-0.2, 0) is 11.3 Å². The Bertz CT molecular complexity index is 375. The molecule has 1 aliphatic heterocycles. The molecular weight excluding hydrogens is 242 g/mol. The Kier molecular flexibility index (Phi) is 5.54. The minimum absolute atomic E-state index is 0.724. The average molecular weight is 265 g/mol. The third kappa shape index (κ3) is 4.01. The molecule has 1 aromatic carbocycles. The zero-order valence-electron chi connectivity index (χ0n) is 11.4. The summed E-state index contributed by atoms with van der Waals surface area (Å²) < 4.78 is 5.43. The predicted molar refractivity (Wildman–Crippen MR) is 78.3 cm³/mol. The number of rotatable bonds is 5. The Morgan fingerprint density at radius 3 is 2.83 bits per heavy atom. The summed E-state index contributed by atoms with van der Waals surface area (Å²) in [4.78, 5) is 1.44. The lowest BCUT2D eigenvalue weighted by atomic mass is 10.1. The maximum atomic E-state index is 5.43. The van der Waals surface area contributed by atoms with Crippen molar-refractivity contribution in [3.05, 3.63) is 29.3 Å². The van der Waals surface area contributed by atoms with E-state index in [-0.39, 0.29) is 0 Å². The van der Waals surface area contributed by atoms with E-state index in [1.165, 1.54) is 28.9 Å². The Morgan fingerprint density at radius 1 is 1.33 bits per heavy atom. The summed E-state index contributed by atoms with van der Waals surface area (Å²) in [5.74, 6) is 0. The summed E-state index contributed by atoms with van der Waals surface area (Å²) in [6.45, 7) is 8.16. The lowest BCUT2D eigenvalue weighted by molar-refractivity contribution is 0.1000. The van der Waals surface area contributed by atoms with Crippen LogP contribution in [0.5, 0.6) is 0 Å². The number of nitrogens with one attached hydrogen (secondary N) is 1. The molecule has 0 unspecified atom stereocenters. The second-order valence-corrected chi connectivity index (χ2v) is 6.16. The summed E-state index contributed by atoms with van der Waals surface area (Å²) in [6.07, 6.45) is 2.36. The minimum atomic E-state index is 0.724. The van der Waals surface area contributed by atoms with Crippen molar-refractivity contribution in [2.24, 2.45) is 0 Å². The molecule has 1 fully saturated rings. The molecule has 1 aromatic rings. The predicted octanol–water partition coefficient (Wildman–Crippen LogP) is 3.38. The molecule has 0 aromatic heterocycles. The van der Waals surface area contributed by atoms with Gasteiger partial charge in [-0.05, 0) is 37.9 Å². The summed E-state index contributed by atoms with van der Waals surface area (Å²) in [5.41, 5.74) is 2.78. The summed E-state index contributed by atoms with van der Waals surface area (Å²) in [5, 5.41) is 4.16. The van der Waals surface area contributed by atoms with Crippen LogP contribution < -0.4 is 5.32 Å². The van der Waals surface area contributed by atoms with E-state index in [2.05, 4.69) is 37.4 Å². The third-order valence-electron chi connectivity index (χ3n) is 3.24. The van der Waals surface area contributed by atoms with Crippen LogP contribution in [0.3, 0.4) is 0 Å².